The average Bonchev–Trinajstić information content (AvgIpc) is 3.16. The van der Waals surface area contributed by atoms with Gasteiger partial charge in [-0.15, -0.1) is 11.3 Å². The van der Waals surface area contributed by atoms with Crippen LogP contribution in [0, 0.1) is 0 Å². The Bertz CT molecular complexity index is 908. The number of halogens is 1. The molecule has 2 aromatic carbocycles. The number of hydrogen-bond acceptors (Lipinski definition) is 4. The molecule has 2 atom stereocenters. The van der Waals surface area contributed by atoms with Crippen molar-refractivity contribution < 1.29 is 5.11 Å². The van der Waals surface area contributed by atoms with Crippen LogP contribution in [0.4, 0.5) is 0 Å². The van der Waals surface area contributed by atoms with Crippen molar-refractivity contribution in [2.45, 2.75) is 18.6 Å². The van der Waals surface area contributed by atoms with E-state index in [1.165, 1.54) is 4.88 Å². The van der Waals surface area contributed by atoms with E-state index in [0.29, 0.717) is 5.75 Å². The maximum Gasteiger partial charge on any atom is 0.126 e. The fourth-order valence-corrected chi connectivity index (χ4v) is 4.27. The van der Waals surface area contributed by atoms with Crippen molar-refractivity contribution in [3.05, 3.63) is 86.5 Å². The van der Waals surface area contributed by atoms with Crippen molar-refractivity contribution in [1.82, 2.24) is 5.32 Å². The van der Waals surface area contributed by atoms with E-state index >= 15 is 0 Å². The number of para-hydroxylation sites is 1. The van der Waals surface area contributed by atoms with Crippen molar-refractivity contribution in [2.24, 2.45) is 4.99 Å². The van der Waals surface area contributed by atoms with E-state index in [2.05, 4.69) is 44.8 Å². The molecule has 1 aliphatic heterocycles. The SMILES string of the molecule is Oc1ccccc1[C@H]1CC(c2cccs2)=N[C@@H](c2cccc(Br)c2)N1. The van der Waals surface area contributed by atoms with Gasteiger partial charge in [-0.05, 0) is 35.2 Å². The summed E-state index contributed by atoms with van der Waals surface area (Å²) in [6.45, 7) is 0. The smallest absolute Gasteiger partial charge is 0.126 e. The fraction of sp³-hybridized carbons (Fsp3) is 0.150. The number of nitrogens with zero attached hydrogens (tertiary/aromatic N) is 1. The van der Waals surface area contributed by atoms with E-state index in [-0.39, 0.29) is 12.2 Å². The lowest BCUT2D eigenvalue weighted by Crippen LogP contribution is -2.32. The molecule has 1 aromatic heterocycles. The van der Waals surface area contributed by atoms with Crippen molar-refractivity contribution in [1.29, 1.82) is 0 Å². The number of aromatic hydroxyl groups is 1. The molecule has 4 rings (SSSR count). The largest absolute Gasteiger partial charge is 0.508 e. The number of hydrogen-bond donors (Lipinski definition) is 2. The van der Waals surface area contributed by atoms with Gasteiger partial charge in [0.15, 0.2) is 0 Å². The van der Waals surface area contributed by atoms with Crippen LogP contribution in [0.15, 0.2) is 75.5 Å². The lowest BCUT2D eigenvalue weighted by Gasteiger charge is -2.30. The minimum atomic E-state index is -0.145. The molecule has 1 aliphatic rings. The molecule has 0 saturated heterocycles. The highest BCUT2D eigenvalue weighted by Gasteiger charge is 2.27. The first-order valence-corrected chi connectivity index (χ1v) is 9.78. The van der Waals surface area contributed by atoms with Crippen molar-refractivity contribution in [3.63, 3.8) is 0 Å². The van der Waals surface area contributed by atoms with Gasteiger partial charge in [0.25, 0.3) is 0 Å². The molecule has 0 amide bonds. The highest BCUT2D eigenvalue weighted by molar-refractivity contribution is 9.10. The molecular formula is C20H17BrN2OS. The van der Waals surface area contributed by atoms with Gasteiger partial charge in [0.1, 0.15) is 11.9 Å². The highest BCUT2D eigenvalue weighted by atomic mass is 79.9. The van der Waals surface area contributed by atoms with Crippen LogP contribution in [-0.4, -0.2) is 10.8 Å². The zero-order valence-electron chi connectivity index (χ0n) is 13.4. The van der Waals surface area contributed by atoms with Crippen LogP contribution in [0.3, 0.4) is 0 Å². The summed E-state index contributed by atoms with van der Waals surface area (Å²) in [5.41, 5.74) is 3.09. The third kappa shape index (κ3) is 3.54. The second-order valence-electron chi connectivity index (χ2n) is 5.99. The molecule has 0 radical (unpaired) electrons. The minimum Gasteiger partial charge on any atom is -0.508 e. The van der Waals surface area contributed by atoms with Crippen LogP contribution in [0.25, 0.3) is 0 Å². The maximum absolute atomic E-state index is 10.3. The summed E-state index contributed by atoms with van der Waals surface area (Å²) in [6, 6.07) is 19.9. The standard InChI is InChI=1S/C20H17BrN2OS/c21-14-6-3-5-13(11-14)20-22-16(15-7-1-2-8-18(15)24)12-17(23-20)19-9-4-10-25-19/h1-11,16,20,22,24H,12H2/t16-,20+/m1/s1. The Morgan fingerprint density at radius 2 is 1.96 bits per heavy atom. The van der Waals surface area contributed by atoms with Crippen molar-refractivity contribution in [3.8, 4) is 5.75 Å². The molecule has 25 heavy (non-hydrogen) atoms. The summed E-state index contributed by atoms with van der Waals surface area (Å²) >= 11 is 5.24. The summed E-state index contributed by atoms with van der Waals surface area (Å²) < 4.78 is 1.03. The van der Waals surface area contributed by atoms with E-state index in [9.17, 15) is 5.11 Å². The molecule has 0 fully saturated rings. The average molecular weight is 413 g/mol. The van der Waals surface area contributed by atoms with Gasteiger partial charge < -0.3 is 5.11 Å². The maximum atomic E-state index is 10.3. The number of phenols is 1. The first kappa shape index (κ1) is 16.5. The highest BCUT2D eigenvalue weighted by Crippen LogP contribution is 2.35. The van der Waals surface area contributed by atoms with Crippen LogP contribution in [0.5, 0.6) is 5.75 Å². The third-order valence-electron chi connectivity index (χ3n) is 4.32. The van der Waals surface area contributed by atoms with Gasteiger partial charge in [-0.3, -0.25) is 10.3 Å². The molecule has 0 spiro atoms. The molecule has 2 N–H and O–H groups in total. The quantitative estimate of drug-likeness (QED) is 0.601. The van der Waals surface area contributed by atoms with Gasteiger partial charge in [0.05, 0.1) is 5.71 Å². The Morgan fingerprint density at radius 1 is 1.08 bits per heavy atom. The number of phenolic OH excluding ortho intramolecular Hbond substituents is 1. The molecule has 0 aliphatic carbocycles. The molecule has 2 heterocycles. The first-order chi connectivity index (χ1) is 12.2. The Balaban J connectivity index is 1.75. The molecule has 3 nitrogen and oxygen atoms in total. The topological polar surface area (TPSA) is 44.6 Å². The van der Waals surface area contributed by atoms with Crippen LogP contribution in [-0.2, 0) is 0 Å². The zero-order valence-corrected chi connectivity index (χ0v) is 15.8. The second kappa shape index (κ2) is 7.12. The van der Waals surface area contributed by atoms with Gasteiger partial charge in [0.2, 0.25) is 0 Å². The van der Waals surface area contributed by atoms with Crippen molar-refractivity contribution in [2.75, 3.05) is 0 Å². The van der Waals surface area contributed by atoms with Crippen LogP contribution in [0.2, 0.25) is 0 Å². The zero-order chi connectivity index (χ0) is 17.2. The molecular weight excluding hydrogens is 396 g/mol. The van der Waals surface area contributed by atoms with Crippen LogP contribution < -0.4 is 5.32 Å². The lowest BCUT2D eigenvalue weighted by atomic mass is 9.96. The Morgan fingerprint density at radius 3 is 2.72 bits per heavy atom. The number of aliphatic imine (C=N–C) groups is 1. The predicted octanol–water partition coefficient (Wildman–Crippen LogP) is 5.44. The van der Waals surface area contributed by atoms with E-state index < -0.39 is 0 Å². The number of thiophene rings is 1. The number of benzene rings is 2. The van der Waals surface area contributed by atoms with Crippen LogP contribution in [0.1, 0.15) is 34.6 Å². The summed E-state index contributed by atoms with van der Waals surface area (Å²) in [7, 11) is 0. The first-order valence-electron chi connectivity index (χ1n) is 8.10. The van der Waals surface area contributed by atoms with Gasteiger partial charge in [-0.2, -0.15) is 0 Å². The molecule has 3 aromatic rings. The van der Waals surface area contributed by atoms with Gasteiger partial charge >= 0.3 is 0 Å². The van der Waals surface area contributed by atoms with Gasteiger partial charge in [0, 0.05) is 27.4 Å². The summed E-state index contributed by atoms with van der Waals surface area (Å²) in [5.74, 6) is 0.320. The number of rotatable bonds is 3. The predicted molar refractivity (Wildman–Crippen MR) is 106 cm³/mol. The summed E-state index contributed by atoms with van der Waals surface area (Å²) in [5, 5.41) is 16.0. The summed E-state index contributed by atoms with van der Waals surface area (Å²) in [6.07, 6.45) is 0.607. The van der Waals surface area contributed by atoms with Gasteiger partial charge in [-0.1, -0.05) is 52.3 Å². The number of nitrogens with one attached hydrogen (secondary N) is 1. The van der Waals surface area contributed by atoms with E-state index in [4.69, 9.17) is 4.99 Å². The molecule has 0 saturated carbocycles. The van der Waals surface area contributed by atoms with Gasteiger partial charge in [-0.25, -0.2) is 0 Å². The molecule has 126 valence electrons. The fourth-order valence-electron chi connectivity index (χ4n) is 3.12. The Labute approximate surface area is 159 Å². The lowest BCUT2D eigenvalue weighted by molar-refractivity contribution is 0.413. The van der Waals surface area contributed by atoms with E-state index in [1.54, 1.807) is 17.4 Å². The normalized spacial score (nSPS) is 20.3. The molecule has 5 heteroatoms. The molecule has 0 bridgehead atoms. The minimum absolute atomic E-state index is 0.0137. The van der Waals surface area contributed by atoms with E-state index in [1.807, 2.05) is 36.4 Å². The molecule has 0 unspecified atom stereocenters. The Kier molecular flexibility index (Phi) is 4.70. The Hall–Kier alpha value is -1.95. The van der Waals surface area contributed by atoms with Crippen LogP contribution >= 0.6 is 27.3 Å². The summed E-state index contributed by atoms with van der Waals surface area (Å²) in [4.78, 5) is 6.14. The third-order valence-corrected chi connectivity index (χ3v) is 5.74. The van der Waals surface area contributed by atoms with E-state index in [0.717, 1.165) is 27.7 Å². The monoisotopic (exact) mass is 412 g/mol. The van der Waals surface area contributed by atoms with Crippen molar-refractivity contribution >= 4 is 33.0 Å². The second-order valence-corrected chi connectivity index (χ2v) is 7.86.